The molecular weight excluding hydrogens is 293 g/mol. The molecule has 6 heteroatoms. The molecule has 0 radical (unpaired) electrons. The van der Waals surface area contributed by atoms with Gasteiger partial charge in [0.15, 0.2) is 11.6 Å². The van der Waals surface area contributed by atoms with Gasteiger partial charge in [-0.05, 0) is 30.2 Å². The molecule has 0 aromatic heterocycles. The van der Waals surface area contributed by atoms with Gasteiger partial charge in [-0.2, -0.15) is 0 Å². The topological polar surface area (TPSA) is 46.6 Å². The number of nitrogens with zero attached hydrogens (tertiary/aromatic N) is 1. The van der Waals surface area contributed by atoms with Crippen LogP contribution < -0.4 is 9.04 Å². The first kappa shape index (κ1) is 13.9. The van der Waals surface area contributed by atoms with E-state index in [1.165, 1.54) is 23.5 Å². The average Bonchev–Trinajstić information content (AvgIpc) is 2.92. The number of benzene rings is 2. The van der Waals surface area contributed by atoms with E-state index in [2.05, 4.69) is 0 Å². The summed E-state index contributed by atoms with van der Waals surface area (Å²) in [7, 11) is -2.41. The first-order valence-corrected chi connectivity index (χ1v) is 7.92. The molecule has 0 spiro atoms. The van der Waals surface area contributed by atoms with Gasteiger partial charge in [-0.25, -0.2) is 12.8 Å². The second kappa shape index (κ2) is 5.04. The largest absolute Gasteiger partial charge is 0.494 e. The predicted molar refractivity (Wildman–Crippen MR) is 77.6 cm³/mol. The molecule has 0 fully saturated rings. The molecule has 2 aromatic rings. The smallest absolute Gasteiger partial charge is 0.264 e. The third-order valence-corrected chi connectivity index (χ3v) is 5.36. The average molecular weight is 307 g/mol. The summed E-state index contributed by atoms with van der Waals surface area (Å²) in [6.45, 7) is 0.390. The lowest BCUT2D eigenvalue weighted by Gasteiger charge is -2.20. The van der Waals surface area contributed by atoms with Crippen LogP contribution >= 0.6 is 0 Å². The Bertz CT molecular complexity index is 789. The van der Waals surface area contributed by atoms with Crippen molar-refractivity contribution < 1.29 is 17.5 Å². The number of sulfonamides is 1. The Morgan fingerprint density at radius 2 is 1.95 bits per heavy atom. The van der Waals surface area contributed by atoms with Gasteiger partial charge >= 0.3 is 0 Å². The number of ether oxygens (including phenoxy) is 1. The normalized spacial score (nSPS) is 14.1. The molecule has 0 amide bonds. The van der Waals surface area contributed by atoms with Crippen molar-refractivity contribution in [3.8, 4) is 5.75 Å². The van der Waals surface area contributed by atoms with E-state index in [0.29, 0.717) is 18.7 Å². The van der Waals surface area contributed by atoms with Crippen LogP contribution in [0.2, 0.25) is 0 Å². The molecule has 0 bridgehead atoms. The molecule has 0 saturated heterocycles. The first-order chi connectivity index (χ1) is 10.0. The van der Waals surface area contributed by atoms with E-state index in [4.69, 9.17) is 4.74 Å². The lowest BCUT2D eigenvalue weighted by atomic mass is 10.2. The van der Waals surface area contributed by atoms with Gasteiger partial charge in [0.1, 0.15) is 0 Å². The van der Waals surface area contributed by atoms with Crippen LogP contribution in [0, 0.1) is 5.82 Å². The van der Waals surface area contributed by atoms with Crippen LogP contribution in [0.5, 0.6) is 5.75 Å². The zero-order chi connectivity index (χ0) is 15.0. The fraction of sp³-hybridized carbons (Fsp3) is 0.200. The Hall–Kier alpha value is -2.08. The van der Waals surface area contributed by atoms with Crippen LogP contribution in [0.3, 0.4) is 0 Å². The van der Waals surface area contributed by atoms with Crippen molar-refractivity contribution in [1.29, 1.82) is 0 Å². The summed E-state index contributed by atoms with van der Waals surface area (Å²) >= 11 is 0. The van der Waals surface area contributed by atoms with Crippen LogP contribution in [-0.4, -0.2) is 22.1 Å². The fourth-order valence-corrected chi connectivity index (χ4v) is 4.00. The number of halogens is 1. The van der Waals surface area contributed by atoms with E-state index in [1.807, 2.05) is 12.1 Å². The van der Waals surface area contributed by atoms with Crippen molar-refractivity contribution in [2.45, 2.75) is 11.3 Å². The molecule has 4 nitrogen and oxygen atoms in total. The van der Waals surface area contributed by atoms with Crippen molar-refractivity contribution in [3.63, 3.8) is 0 Å². The number of hydrogen-bond acceptors (Lipinski definition) is 3. The SMILES string of the molecule is COc1cc(S(=O)(=O)N2CCc3ccccc32)ccc1F. The van der Waals surface area contributed by atoms with E-state index in [0.717, 1.165) is 11.6 Å². The molecule has 21 heavy (non-hydrogen) atoms. The van der Waals surface area contributed by atoms with Crippen LogP contribution in [0.25, 0.3) is 0 Å². The Labute approximate surface area is 122 Å². The summed E-state index contributed by atoms with van der Waals surface area (Å²) in [5.74, 6) is -0.665. The summed E-state index contributed by atoms with van der Waals surface area (Å²) in [4.78, 5) is 0.0254. The Balaban J connectivity index is 2.06. The molecule has 0 N–H and O–H groups in total. The predicted octanol–water partition coefficient (Wildman–Crippen LogP) is 2.59. The maximum absolute atomic E-state index is 13.4. The molecule has 0 atom stereocenters. The number of para-hydroxylation sites is 1. The maximum atomic E-state index is 13.4. The summed E-state index contributed by atoms with van der Waals surface area (Å²) < 4.78 is 45.1. The Morgan fingerprint density at radius 3 is 2.71 bits per heavy atom. The highest BCUT2D eigenvalue weighted by Gasteiger charge is 2.31. The molecule has 1 aliphatic rings. The minimum Gasteiger partial charge on any atom is -0.494 e. The van der Waals surface area contributed by atoms with Crippen molar-refractivity contribution in [2.24, 2.45) is 0 Å². The molecule has 0 unspecified atom stereocenters. The van der Waals surface area contributed by atoms with Gasteiger partial charge in [0.2, 0.25) is 0 Å². The fourth-order valence-electron chi connectivity index (χ4n) is 2.49. The Morgan fingerprint density at radius 1 is 1.19 bits per heavy atom. The summed E-state index contributed by atoms with van der Waals surface area (Å²) in [5, 5.41) is 0. The molecule has 1 aliphatic heterocycles. The molecule has 3 rings (SSSR count). The lowest BCUT2D eigenvalue weighted by Crippen LogP contribution is -2.29. The minimum absolute atomic E-state index is 0.0254. The van der Waals surface area contributed by atoms with Gasteiger partial charge in [-0.15, -0.1) is 0 Å². The zero-order valence-corrected chi connectivity index (χ0v) is 12.2. The Kier molecular flexibility index (Phi) is 3.33. The monoisotopic (exact) mass is 307 g/mol. The molecule has 1 heterocycles. The van der Waals surface area contributed by atoms with Gasteiger partial charge in [-0.1, -0.05) is 18.2 Å². The highest BCUT2D eigenvalue weighted by molar-refractivity contribution is 7.92. The number of methoxy groups -OCH3 is 1. The summed E-state index contributed by atoms with van der Waals surface area (Å²) in [6.07, 6.45) is 0.674. The quantitative estimate of drug-likeness (QED) is 0.875. The number of hydrogen-bond donors (Lipinski definition) is 0. The van der Waals surface area contributed by atoms with Crippen LogP contribution in [0.1, 0.15) is 5.56 Å². The number of fused-ring (bicyclic) bond motifs is 1. The molecule has 0 saturated carbocycles. The van der Waals surface area contributed by atoms with Crippen LogP contribution in [0.4, 0.5) is 10.1 Å². The highest BCUT2D eigenvalue weighted by Crippen LogP contribution is 2.33. The minimum atomic E-state index is -3.71. The third-order valence-electron chi connectivity index (χ3n) is 3.56. The van der Waals surface area contributed by atoms with E-state index < -0.39 is 15.8 Å². The second-order valence-corrected chi connectivity index (χ2v) is 6.61. The number of anilines is 1. The van der Waals surface area contributed by atoms with Gasteiger partial charge < -0.3 is 4.74 Å². The molecule has 0 aliphatic carbocycles. The third kappa shape index (κ3) is 2.25. The second-order valence-electron chi connectivity index (χ2n) is 4.75. The summed E-state index contributed by atoms with van der Waals surface area (Å²) in [5.41, 5.74) is 1.68. The van der Waals surface area contributed by atoms with Gasteiger partial charge in [0.05, 0.1) is 17.7 Å². The lowest BCUT2D eigenvalue weighted by molar-refractivity contribution is 0.385. The van der Waals surface area contributed by atoms with E-state index >= 15 is 0 Å². The van der Waals surface area contributed by atoms with Crippen molar-refractivity contribution >= 4 is 15.7 Å². The first-order valence-electron chi connectivity index (χ1n) is 6.48. The van der Waals surface area contributed by atoms with Crippen molar-refractivity contribution in [1.82, 2.24) is 0 Å². The molecule has 110 valence electrons. The van der Waals surface area contributed by atoms with Crippen LogP contribution in [0.15, 0.2) is 47.4 Å². The zero-order valence-electron chi connectivity index (χ0n) is 11.4. The van der Waals surface area contributed by atoms with E-state index in [9.17, 15) is 12.8 Å². The van der Waals surface area contributed by atoms with E-state index in [1.54, 1.807) is 12.1 Å². The maximum Gasteiger partial charge on any atom is 0.264 e. The van der Waals surface area contributed by atoms with Crippen molar-refractivity contribution in [2.75, 3.05) is 18.0 Å². The van der Waals surface area contributed by atoms with Crippen LogP contribution in [-0.2, 0) is 16.4 Å². The van der Waals surface area contributed by atoms with E-state index in [-0.39, 0.29) is 10.6 Å². The van der Waals surface area contributed by atoms with Gasteiger partial charge in [0.25, 0.3) is 10.0 Å². The standard InChI is InChI=1S/C15H14FNO3S/c1-20-15-10-12(6-7-13(15)16)21(18,19)17-9-8-11-4-2-3-5-14(11)17/h2-7,10H,8-9H2,1H3. The highest BCUT2D eigenvalue weighted by atomic mass is 32.2. The van der Waals surface area contributed by atoms with Gasteiger partial charge in [-0.3, -0.25) is 4.31 Å². The summed E-state index contributed by atoms with van der Waals surface area (Å²) in [6, 6.07) is 11.0. The molecular formula is C15H14FNO3S. The molecule has 2 aromatic carbocycles. The van der Waals surface area contributed by atoms with Crippen molar-refractivity contribution in [3.05, 3.63) is 53.8 Å². The van der Waals surface area contributed by atoms with Gasteiger partial charge in [0, 0.05) is 12.6 Å². The number of rotatable bonds is 3.